The van der Waals surface area contributed by atoms with E-state index in [1.165, 1.54) is 24.5 Å². The number of nitrogens with two attached hydrogens (primary N) is 1. The van der Waals surface area contributed by atoms with Crippen molar-refractivity contribution in [1.29, 1.82) is 0 Å². The molecule has 2 aromatic rings. The minimum absolute atomic E-state index is 0.0788. The number of nitrogens with zero attached hydrogens (tertiary/aromatic N) is 1. The van der Waals surface area contributed by atoms with E-state index >= 15 is 0 Å². The molecule has 146 valence electrons. The molecule has 1 aromatic carbocycles. The quantitative estimate of drug-likeness (QED) is 0.410. The molecule has 2 amide bonds. The Morgan fingerprint density at radius 1 is 1.30 bits per heavy atom. The topological polar surface area (TPSA) is 136 Å². The fraction of sp³-hybridized carbons (Fsp3) is 0.353. The minimum Gasteiger partial charge on any atom is -0.492 e. The summed E-state index contributed by atoms with van der Waals surface area (Å²) in [5.41, 5.74) is 5.59. The summed E-state index contributed by atoms with van der Waals surface area (Å²) in [5.74, 6) is -0.0339. The first kappa shape index (κ1) is 20.6. The number of amides is 2. The summed E-state index contributed by atoms with van der Waals surface area (Å²) in [5, 5.41) is 16.5. The lowest BCUT2D eigenvalue weighted by Crippen LogP contribution is -2.33. The van der Waals surface area contributed by atoms with E-state index in [1.54, 1.807) is 24.3 Å². The van der Waals surface area contributed by atoms with E-state index in [2.05, 4.69) is 15.6 Å². The van der Waals surface area contributed by atoms with Gasteiger partial charge in [-0.15, -0.1) is 0 Å². The number of primary amides is 1. The number of anilines is 1. The molecule has 10 heteroatoms. The number of hydrogen-bond donors (Lipinski definition) is 4. The smallest absolute Gasteiger partial charge is 0.275 e. The zero-order valence-corrected chi connectivity index (χ0v) is 15.6. The Hall–Kier alpha value is -2.69. The molecule has 0 aliphatic carbocycles. The van der Waals surface area contributed by atoms with Crippen LogP contribution in [0.5, 0.6) is 10.9 Å². The molecular weight excluding hydrogens is 372 g/mol. The van der Waals surface area contributed by atoms with E-state index in [-0.39, 0.29) is 12.5 Å². The molecular formula is C17H22N4O5S. The van der Waals surface area contributed by atoms with E-state index in [0.717, 1.165) is 0 Å². The van der Waals surface area contributed by atoms with Gasteiger partial charge in [0, 0.05) is 25.6 Å². The molecule has 0 aliphatic heterocycles. The second kappa shape index (κ2) is 10.5. The van der Waals surface area contributed by atoms with Crippen molar-refractivity contribution < 1.29 is 24.2 Å². The molecule has 1 heterocycles. The number of aliphatic hydroxyl groups excluding tert-OH is 1. The molecule has 1 unspecified atom stereocenters. The van der Waals surface area contributed by atoms with E-state index < -0.39 is 12.0 Å². The number of aromatic nitrogens is 1. The lowest BCUT2D eigenvalue weighted by Gasteiger charge is -2.12. The Labute approximate surface area is 160 Å². The summed E-state index contributed by atoms with van der Waals surface area (Å²) in [6.45, 7) is 2.74. The standard InChI is InChI=1S/C17H22N4O5S/c1-11(22)21-15-9-20-17(27-15)26-10-13(23)8-19-6-7-25-14-4-2-12(3-5-14)16(18)24/h2-5,9,13,19,23H,6-8,10H2,1H3,(H2,18,24)(H,21,22). The molecule has 1 atom stereocenters. The third-order valence-corrected chi connectivity index (χ3v) is 4.07. The van der Waals surface area contributed by atoms with Crippen LogP contribution in [0.4, 0.5) is 5.00 Å². The summed E-state index contributed by atoms with van der Waals surface area (Å²) >= 11 is 1.19. The Bertz CT molecular complexity index is 750. The van der Waals surface area contributed by atoms with Crippen molar-refractivity contribution >= 4 is 28.2 Å². The van der Waals surface area contributed by atoms with Crippen molar-refractivity contribution in [2.24, 2.45) is 5.73 Å². The van der Waals surface area contributed by atoms with Crippen LogP contribution in [0.1, 0.15) is 17.3 Å². The van der Waals surface area contributed by atoms with E-state index in [4.69, 9.17) is 15.2 Å². The van der Waals surface area contributed by atoms with Gasteiger partial charge in [0.05, 0.1) is 6.20 Å². The number of carbonyl (C=O) groups is 2. The van der Waals surface area contributed by atoms with Crippen molar-refractivity contribution in [3.8, 4) is 10.9 Å². The highest BCUT2D eigenvalue weighted by Gasteiger charge is 2.08. The highest BCUT2D eigenvalue weighted by Crippen LogP contribution is 2.25. The number of nitrogens with one attached hydrogen (secondary N) is 2. The fourth-order valence-corrected chi connectivity index (χ4v) is 2.73. The maximum absolute atomic E-state index is 11.0. The second-order valence-corrected chi connectivity index (χ2v) is 6.57. The van der Waals surface area contributed by atoms with Gasteiger partial charge in [-0.05, 0) is 24.3 Å². The van der Waals surface area contributed by atoms with Crippen LogP contribution in [0.15, 0.2) is 30.5 Å². The number of hydrogen-bond acceptors (Lipinski definition) is 8. The third-order valence-electron chi connectivity index (χ3n) is 3.25. The Morgan fingerprint density at radius 2 is 2.04 bits per heavy atom. The molecule has 2 rings (SSSR count). The molecule has 27 heavy (non-hydrogen) atoms. The van der Waals surface area contributed by atoms with Gasteiger partial charge in [0.25, 0.3) is 5.19 Å². The zero-order valence-electron chi connectivity index (χ0n) is 14.8. The van der Waals surface area contributed by atoms with Crippen LogP contribution < -0.4 is 25.8 Å². The van der Waals surface area contributed by atoms with Crippen LogP contribution in [-0.4, -0.2) is 54.3 Å². The molecule has 0 saturated carbocycles. The summed E-state index contributed by atoms with van der Waals surface area (Å²) in [7, 11) is 0. The minimum atomic E-state index is -0.715. The molecule has 1 aromatic heterocycles. The monoisotopic (exact) mass is 394 g/mol. The van der Waals surface area contributed by atoms with Crippen LogP contribution in [0, 0.1) is 0 Å². The highest BCUT2D eigenvalue weighted by atomic mass is 32.1. The lowest BCUT2D eigenvalue weighted by atomic mass is 10.2. The summed E-state index contributed by atoms with van der Waals surface area (Å²) in [4.78, 5) is 25.9. The number of thiazole rings is 1. The van der Waals surface area contributed by atoms with Crippen LogP contribution in [0.25, 0.3) is 0 Å². The number of ether oxygens (including phenoxy) is 2. The fourth-order valence-electron chi connectivity index (χ4n) is 2.01. The molecule has 0 radical (unpaired) electrons. The van der Waals surface area contributed by atoms with Gasteiger partial charge in [0.15, 0.2) is 0 Å². The van der Waals surface area contributed by atoms with Gasteiger partial charge in [0.2, 0.25) is 11.8 Å². The molecule has 9 nitrogen and oxygen atoms in total. The van der Waals surface area contributed by atoms with E-state index in [0.29, 0.717) is 41.2 Å². The summed E-state index contributed by atoms with van der Waals surface area (Å²) < 4.78 is 10.9. The second-order valence-electron chi connectivity index (χ2n) is 5.58. The number of aliphatic hydroxyl groups is 1. The number of benzene rings is 1. The predicted molar refractivity (Wildman–Crippen MR) is 101 cm³/mol. The number of carbonyl (C=O) groups excluding carboxylic acids is 2. The van der Waals surface area contributed by atoms with Crippen LogP contribution in [0.3, 0.4) is 0 Å². The van der Waals surface area contributed by atoms with Crippen molar-refractivity contribution in [2.75, 3.05) is 31.6 Å². The molecule has 5 N–H and O–H groups in total. The van der Waals surface area contributed by atoms with Gasteiger partial charge in [-0.25, -0.2) is 4.98 Å². The summed E-state index contributed by atoms with van der Waals surface area (Å²) in [6, 6.07) is 6.54. The van der Waals surface area contributed by atoms with Crippen molar-refractivity contribution in [3.63, 3.8) is 0 Å². The third kappa shape index (κ3) is 7.60. The van der Waals surface area contributed by atoms with Gasteiger partial charge < -0.3 is 30.9 Å². The van der Waals surface area contributed by atoms with E-state index in [9.17, 15) is 14.7 Å². The van der Waals surface area contributed by atoms with Crippen LogP contribution in [0.2, 0.25) is 0 Å². The maximum atomic E-state index is 11.0. The number of rotatable bonds is 11. The first-order valence-electron chi connectivity index (χ1n) is 8.21. The lowest BCUT2D eigenvalue weighted by molar-refractivity contribution is -0.114. The van der Waals surface area contributed by atoms with Gasteiger partial charge in [-0.2, -0.15) is 0 Å². The molecule has 0 saturated heterocycles. The van der Waals surface area contributed by atoms with Gasteiger partial charge >= 0.3 is 0 Å². The average Bonchev–Trinajstić information content (AvgIpc) is 3.06. The maximum Gasteiger partial charge on any atom is 0.275 e. The van der Waals surface area contributed by atoms with Crippen molar-refractivity contribution in [3.05, 3.63) is 36.0 Å². The molecule has 0 aliphatic rings. The Kier molecular flexibility index (Phi) is 7.99. The van der Waals surface area contributed by atoms with Gasteiger partial charge in [-0.1, -0.05) is 11.3 Å². The predicted octanol–water partition coefficient (Wildman–Crippen LogP) is 0.609. The summed E-state index contributed by atoms with van der Waals surface area (Å²) in [6.07, 6.45) is 0.785. The molecule has 0 bridgehead atoms. The SMILES string of the molecule is CC(=O)Nc1cnc(OCC(O)CNCCOc2ccc(C(N)=O)cc2)s1. The first-order chi connectivity index (χ1) is 12.9. The first-order valence-corrected chi connectivity index (χ1v) is 9.03. The van der Waals surface area contributed by atoms with Gasteiger partial charge in [0.1, 0.15) is 30.1 Å². The van der Waals surface area contributed by atoms with Crippen LogP contribution >= 0.6 is 11.3 Å². The van der Waals surface area contributed by atoms with Gasteiger partial charge in [-0.3, -0.25) is 9.59 Å². The Balaban J connectivity index is 1.57. The molecule has 0 fully saturated rings. The normalized spacial score (nSPS) is 11.6. The van der Waals surface area contributed by atoms with E-state index in [1.807, 2.05) is 0 Å². The van der Waals surface area contributed by atoms with Crippen molar-refractivity contribution in [2.45, 2.75) is 13.0 Å². The molecule has 0 spiro atoms. The largest absolute Gasteiger partial charge is 0.492 e. The average molecular weight is 394 g/mol. The Morgan fingerprint density at radius 3 is 2.70 bits per heavy atom. The highest BCUT2D eigenvalue weighted by molar-refractivity contribution is 7.17. The van der Waals surface area contributed by atoms with Crippen LogP contribution in [-0.2, 0) is 4.79 Å². The van der Waals surface area contributed by atoms with Crippen molar-refractivity contribution in [1.82, 2.24) is 10.3 Å². The zero-order chi connectivity index (χ0) is 19.6.